The van der Waals surface area contributed by atoms with Crippen molar-refractivity contribution in [3.05, 3.63) is 29.3 Å². The molecule has 0 radical (unpaired) electrons. The fourth-order valence-electron chi connectivity index (χ4n) is 2.71. The highest BCUT2D eigenvalue weighted by Gasteiger charge is 2.36. The van der Waals surface area contributed by atoms with Gasteiger partial charge in [0.2, 0.25) is 0 Å². The third-order valence-corrected chi connectivity index (χ3v) is 4.77. The molecule has 106 valence electrons. The summed E-state index contributed by atoms with van der Waals surface area (Å²) in [5.41, 5.74) is 2.66. The van der Waals surface area contributed by atoms with Crippen LogP contribution in [0.3, 0.4) is 0 Å². The number of hydrogen-bond donors (Lipinski definition) is 2. The third-order valence-electron chi connectivity index (χ3n) is 3.75. The average Bonchev–Trinajstić information content (AvgIpc) is 2.95. The zero-order valence-corrected chi connectivity index (χ0v) is 11.8. The maximum Gasteiger partial charge on any atom is 0.327 e. The van der Waals surface area contributed by atoms with Gasteiger partial charge in [-0.15, -0.1) is 11.8 Å². The molecule has 0 aromatic heterocycles. The molecule has 5 nitrogen and oxygen atoms in total. The van der Waals surface area contributed by atoms with Crippen molar-refractivity contribution in [2.45, 2.75) is 18.9 Å². The van der Waals surface area contributed by atoms with Gasteiger partial charge in [-0.25, -0.2) is 4.79 Å². The van der Waals surface area contributed by atoms with Crippen LogP contribution in [0.5, 0.6) is 0 Å². The van der Waals surface area contributed by atoms with E-state index in [1.165, 1.54) is 16.7 Å². The van der Waals surface area contributed by atoms with Gasteiger partial charge in [0, 0.05) is 23.5 Å². The highest BCUT2D eigenvalue weighted by Crippen LogP contribution is 2.29. The Bertz CT molecular complexity index is 561. The predicted molar refractivity (Wildman–Crippen MR) is 78.2 cm³/mol. The van der Waals surface area contributed by atoms with E-state index in [-0.39, 0.29) is 5.91 Å². The molecule has 2 heterocycles. The highest BCUT2D eigenvalue weighted by atomic mass is 32.2. The van der Waals surface area contributed by atoms with Crippen LogP contribution in [0.1, 0.15) is 22.3 Å². The molecule has 1 fully saturated rings. The molecule has 0 spiro atoms. The van der Waals surface area contributed by atoms with Gasteiger partial charge in [0.05, 0.1) is 5.88 Å². The van der Waals surface area contributed by atoms with E-state index < -0.39 is 12.0 Å². The summed E-state index contributed by atoms with van der Waals surface area (Å²) >= 11 is 1.49. The van der Waals surface area contributed by atoms with E-state index in [0.717, 1.165) is 30.6 Å². The van der Waals surface area contributed by atoms with Crippen molar-refractivity contribution in [3.63, 3.8) is 0 Å². The summed E-state index contributed by atoms with van der Waals surface area (Å²) in [6.45, 7) is 0.919. The van der Waals surface area contributed by atoms with Crippen molar-refractivity contribution in [2.24, 2.45) is 0 Å². The molecule has 1 atom stereocenters. The molecule has 2 aliphatic rings. The van der Waals surface area contributed by atoms with Crippen molar-refractivity contribution >= 4 is 29.3 Å². The second kappa shape index (κ2) is 5.36. The number of benzene rings is 1. The summed E-state index contributed by atoms with van der Waals surface area (Å²) in [5.74, 6) is -0.171. The van der Waals surface area contributed by atoms with Crippen LogP contribution >= 0.6 is 11.8 Å². The minimum absolute atomic E-state index is 0.164. The number of nitrogens with zero attached hydrogens (tertiary/aromatic N) is 1. The van der Waals surface area contributed by atoms with Gasteiger partial charge in [0.1, 0.15) is 6.04 Å². The molecule has 0 bridgehead atoms. The lowest BCUT2D eigenvalue weighted by Crippen LogP contribution is -2.42. The molecule has 1 amide bonds. The number of fused-ring (bicyclic) bond motifs is 1. The van der Waals surface area contributed by atoms with E-state index in [2.05, 4.69) is 5.32 Å². The molecule has 0 aliphatic carbocycles. The molecular weight excluding hydrogens is 276 g/mol. The van der Waals surface area contributed by atoms with Gasteiger partial charge in [-0.3, -0.25) is 4.79 Å². The number of anilines is 1. The van der Waals surface area contributed by atoms with Gasteiger partial charge in [0.15, 0.2) is 0 Å². The lowest BCUT2D eigenvalue weighted by molar-refractivity contribution is -0.140. The van der Waals surface area contributed by atoms with Crippen LogP contribution in [0.2, 0.25) is 0 Å². The summed E-state index contributed by atoms with van der Waals surface area (Å²) in [6, 6.07) is 4.91. The molecule has 3 rings (SSSR count). The molecule has 1 saturated heterocycles. The van der Waals surface area contributed by atoms with E-state index in [4.69, 9.17) is 0 Å². The second-order valence-corrected chi connectivity index (χ2v) is 5.99. The number of carbonyl (C=O) groups is 2. The summed E-state index contributed by atoms with van der Waals surface area (Å²) < 4.78 is 0. The van der Waals surface area contributed by atoms with E-state index in [1.807, 2.05) is 12.1 Å². The normalized spacial score (nSPS) is 21.2. The molecule has 2 aliphatic heterocycles. The van der Waals surface area contributed by atoms with E-state index in [1.54, 1.807) is 6.07 Å². The summed E-state index contributed by atoms with van der Waals surface area (Å²) in [7, 11) is 0. The largest absolute Gasteiger partial charge is 0.480 e. The molecule has 2 N–H and O–H groups in total. The quantitative estimate of drug-likeness (QED) is 0.867. The number of carboxylic acid groups (broad SMARTS) is 1. The maximum absolute atomic E-state index is 12.7. The molecular formula is C14H16N2O3S. The van der Waals surface area contributed by atoms with Crippen LogP contribution in [0, 0.1) is 0 Å². The first-order chi connectivity index (χ1) is 9.68. The van der Waals surface area contributed by atoms with Gasteiger partial charge >= 0.3 is 5.97 Å². The minimum Gasteiger partial charge on any atom is -0.480 e. The van der Waals surface area contributed by atoms with Gasteiger partial charge in [0.25, 0.3) is 5.91 Å². The number of aliphatic carboxylic acids is 1. The SMILES string of the molecule is O=C(O)[C@@H]1CSCN1C(=O)c1cccc2c1CCCN2. The molecule has 0 unspecified atom stereocenters. The zero-order chi connectivity index (χ0) is 14.1. The number of carbonyl (C=O) groups excluding carboxylic acids is 1. The Hall–Kier alpha value is -1.69. The monoisotopic (exact) mass is 292 g/mol. The average molecular weight is 292 g/mol. The van der Waals surface area contributed by atoms with Crippen molar-refractivity contribution in [2.75, 3.05) is 23.5 Å². The van der Waals surface area contributed by atoms with Crippen LogP contribution in [0.15, 0.2) is 18.2 Å². The highest BCUT2D eigenvalue weighted by molar-refractivity contribution is 7.99. The van der Waals surface area contributed by atoms with E-state index in [0.29, 0.717) is 17.2 Å². The van der Waals surface area contributed by atoms with Gasteiger partial charge in [-0.2, -0.15) is 0 Å². The smallest absolute Gasteiger partial charge is 0.327 e. The lowest BCUT2D eigenvalue weighted by atomic mass is 9.96. The first-order valence-corrected chi connectivity index (χ1v) is 7.81. The van der Waals surface area contributed by atoms with Gasteiger partial charge in [-0.05, 0) is 30.5 Å². The van der Waals surface area contributed by atoms with Crippen molar-refractivity contribution in [1.82, 2.24) is 4.90 Å². The summed E-state index contributed by atoms with van der Waals surface area (Å²) in [6.07, 6.45) is 1.86. The minimum atomic E-state index is -0.925. The van der Waals surface area contributed by atoms with Crippen LogP contribution in [-0.2, 0) is 11.2 Å². The fraction of sp³-hybridized carbons (Fsp3) is 0.429. The number of thioether (sulfide) groups is 1. The van der Waals surface area contributed by atoms with Gasteiger partial charge < -0.3 is 15.3 Å². The third kappa shape index (κ3) is 2.24. The van der Waals surface area contributed by atoms with Crippen molar-refractivity contribution in [3.8, 4) is 0 Å². The lowest BCUT2D eigenvalue weighted by Gasteiger charge is -2.25. The number of amides is 1. The number of carboxylic acids is 1. The molecule has 0 saturated carbocycles. The van der Waals surface area contributed by atoms with E-state index in [9.17, 15) is 14.7 Å². The van der Waals surface area contributed by atoms with Crippen LogP contribution in [0.25, 0.3) is 0 Å². The van der Waals surface area contributed by atoms with Crippen LogP contribution in [0.4, 0.5) is 5.69 Å². The maximum atomic E-state index is 12.7. The zero-order valence-electron chi connectivity index (χ0n) is 11.0. The van der Waals surface area contributed by atoms with Crippen molar-refractivity contribution in [1.29, 1.82) is 0 Å². The second-order valence-electron chi connectivity index (χ2n) is 4.99. The first kappa shape index (κ1) is 13.3. The topological polar surface area (TPSA) is 69.6 Å². The Balaban J connectivity index is 1.93. The van der Waals surface area contributed by atoms with Crippen molar-refractivity contribution < 1.29 is 14.7 Å². The number of rotatable bonds is 2. The van der Waals surface area contributed by atoms with Gasteiger partial charge in [-0.1, -0.05) is 6.07 Å². The standard InChI is InChI=1S/C14H16N2O3S/c17-13(16-8-20-7-12(16)14(18)19)10-3-1-5-11-9(10)4-2-6-15-11/h1,3,5,12,15H,2,4,6-8H2,(H,18,19)/t12-/m0/s1. The fourth-order valence-corrected chi connectivity index (χ4v) is 3.86. The Kier molecular flexibility index (Phi) is 3.56. The molecule has 20 heavy (non-hydrogen) atoms. The molecule has 6 heteroatoms. The number of hydrogen-bond acceptors (Lipinski definition) is 4. The van der Waals surface area contributed by atoms with E-state index >= 15 is 0 Å². The Morgan fingerprint density at radius 3 is 3.05 bits per heavy atom. The van der Waals surface area contributed by atoms with Crippen LogP contribution < -0.4 is 5.32 Å². The van der Waals surface area contributed by atoms with Crippen LogP contribution in [-0.4, -0.2) is 46.1 Å². The Morgan fingerprint density at radius 2 is 2.25 bits per heavy atom. The first-order valence-electron chi connectivity index (χ1n) is 6.66. The summed E-state index contributed by atoms with van der Waals surface area (Å²) in [5, 5.41) is 12.5. The Morgan fingerprint density at radius 1 is 1.40 bits per heavy atom. The number of nitrogens with one attached hydrogen (secondary N) is 1. The summed E-state index contributed by atoms with van der Waals surface area (Å²) in [4.78, 5) is 25.3. The molecule has 1 aromatic carbocycles. The Labute approximate surface area is 121 Å². The predicted octanol–water partition coefficient (Wildman–Crippen LogP) is 1.64. The molecule has 1 aromatic rings.